The molecule has 2 saturated carbocycles. The van der Waals surface area contributed by atoms with Gasteiger partial charge >= 0.3 is 5.97 Å². The summed E-state index contributed by atoms with van der Waals surface area (Å²) in [7, 11) is 1.54. The Hall–Kier alpha value is -2.17. The molecule has 2 aliphatic carbocycles. The number of methoxy groups -OCH3 is 1. The lowest BCUT2D eigenvalue weighted by atomic mass is 9.67. The minimum Gasteiger partial charge on any atom is -0.496 e. The third-order valence-electron chi connectivity index (χ3n) is 5.44. The quantitative estimate of drug-likeness (QED) is 0.605. The molecule has 134 valence electrons. The van der Waals surface area contributed by atoms with Gasteiger partial charge in [-0.2, -0.15) is 0 Å². The Labute approximate surface area is 147 Å². The third-order valence-corrected chi connectivity index (χ3v) is 5.44. The van der Waals surface area contributed by atoms with Crippen molar-refractivity contribution in [2.75, 3.05) is 7.11 Å². The number of ether oxygens (including phenoxy) is 2. The molecule has 0 saturated heterocycles. The number of fused-ring (bicyclic) bond motifs is 2. The first-order valence-corrected chi connectivity index (χ1v) is 8.87. The van der Waals surface area contributed by atoms with Crippen LogP contribution >= 0.6 is 0 Å². The molecular weight excluding hydrogens is 320 g/mol. The average Bonchev–Trinajstić information content (AvgIpc) is 2.59. The molecule has 1 unspecified atom stereocenters. The second-order valence-corrected chi connectivity index (χ2v) is 7.09. The Bertz CT molecular complexity index is 677. The van der Waals surface area contributed by atoms with E-state index in [0.29, 0.717) is 35.5 Å². The molecule has 1 aromatic rings. The number of hydrogen-bond donors (Lipinski definition) is 0. The van der Waals surface area contributed by atoms with E-state index in [1.54, 1.807) is 25.3 Å². The summed E-state index contributed by atoms with van der Waals surface area (Å²) in [6.45, 7) is 1.57. The van der Waals surface area contributed by atoms with Crippen molar-refractivity contribution in [2.45, 2.75) is 45.6 Å². The summed E-state index contributed by atoms with van der Waals surface area (Å²) in [6, 6.07) is 5.11. The number of benzene rings is 1. The van der Waals surface area contributed by atoms with Crippen LogP contribution in [0.3, 0.4) is 0 Å². The van der Waals surface area contributed by atoms with Crippen LogP contribution in [0.15, 0.2) is 18.2 Å². The van der Waals surface area contributed by atoms with Crippen molar-refractivity contribution in [3.63, 3.8) is 0 Å². The average molecular weight is 344 g/mol. The third kappa shape index (κ3) is 3.75. The molecule has 3 rings (SSSR count). The van der Waals surface area contributed by atoms with Crippen LogP contribution in [0.25, 0.3) is 0 Å². The number of ketones is 2. The van der Waals surface area contributed by atoms with Gasteiger partial charge in [-0.15, -0.1) is 0 Å². The predicted molar refractivity (Wildman–Crippen MR) is 91.4 cm³/mol. The smallest absolute Gasteiger partial charge is 0.309 e. The fourth-order valence-electron chi connectivity index (χ4n) is 4.05. The number of hydrogen-bond acceptors (Lipinski definition) is 5. The summed E-state index contributed by atoms with van der Waals surface area (Å²) in [5.41, 5.74) is 1.24. The van der Waals surface area contributed by atoms with E-state index in [2.05, 4.69) is 0 Å². The molecule has 0 N–H and O–H groups in total. The molecule has 1 aromatic carbocycles. The molecule has 2 aliphatic rings. The molecule has 0 radical (unpaired) electrons. The zero-order chi connectivity index (χ0) is 18.0. The van der Waals surface area contributed by atoms with Crippen LogP contribution in [0.1, 0.15) is 54.9 Å². The zero-order valence-electron chi connectivity index (χ0n) is 14.7. The zero-order valence-corrected chi connectivity index (χ0v) is 14.7. The number of carbonyl (C=O) groups is 3. The van der Waals surface area contributed by atoms with Gasteiger partial charge in [0.25, 0.3) is 0 Å². The van der Waals surface area contributed by atoms with E-state index < -0.39 is 0 Å². The SMILES string of the molecule is COc1ccc(C(C)=O)cc1COC(=O)C1C[C@H]2CCC[C@@H](C1)C2=O. The van der Waals surface area contributed by atoms with Gasteiger partial charge in [-0.1, -0.05) is 6.42 Å². The molecule has 0 spiro atoms. The molecule has 2 fully saturated rings. The topological polar surface area (TPSA) is 69.7 Å². The van der Waals surface area contributed by atoms with Crippen molar-refractivity contribution in [1.29, 1.82) is 0 Å². The van der Waals surface area contributed by atoms with Gasteiger partial charge in [0.15, 0.2) is 5.78 Å². The van der Waals surface area contributed by atoms with Crippen molar-refractivity contribution in [1.82, 2.24) is 0 Å². The van der Waals surface area contributed by atoms with E-state index >= 15 is 0 Å². The Balaban J connectivity index is 1.65. The minimum atomic E-state index is -0.250. The maximum Gasteiger partial charge on any atom is 0.309 e. The second-order valence-electron chi connectivity index (χ2n) is 7.09. The van der Waals surface area contributed by atoms with Crippen molar-refractivity contribution in [3.8, 4) is 5.75 Å². The largest absolute Gasteiger partial charge is 0.496 e. The summed E-state index contributed by atoms with van der Waals surface area (Å²) >= 11 is 0. The first-order valence-electron chi connectivity index (χ1n) is 8.87. The molecule has 0 amide bonds. The minimum absolute atomic E-state index is 0.0284. The van der Waals surface area contributed by atoms with Crippen LogP contribution in [0.4, 0.5) is 0 Å². The highest BCUT2D eigenvalue weighted by atomic mass is 16.5. The molecular formula is C20H24O5. The summed E-state index contributed by atoms with van der Waals surface area (Å²) in [6.07, 6.45) is 4.09. The fourth-order valence-corrected chi connectivity index (χ4v) is 4.05. The van der Waals surface area contributed by atoms with Crippen LogP contribution in [0.2, 0.25) is 0 Å². The van der Waals surface area contributed by atoms with Crippen molar-refractivity contribution in [2.24, 2.45) is 17.8 Å². The molecule has 0 aliphatic heterocycles. The van der Waals surface area contributed by atoms with E-state index in [-0.39, 0.29) is 36.1 Å². The summed E-state index contributed by atoms with van der Waals surface area (Å²) in [5, 5.41) is 0. The molecule has 2 bridgehead atoms. The van der Waals surface area contributed by atoms with Gasteiger partial charge in [0, 0.05) is 23.0 Å². The first-order chi connectivity index (χ1) is 12.0. The summed E-state index contributed by atoms with van der Waals surface area (Å²) in [5.74, 6) is 0.490. The number of Topliss-reactive ketones (excluding diaryl/α,β-unsaturated/α-hetero) is 2. The molecule has 0 heterocycles. The standard InChI is InChI=1S/C20H24O5/c1-12(21)13-6-7-18(24-2)17(8-13)11-25-20(23)16-9-14-4-3-5-15(10-16)19(14)22/h6-8,14-16H,3-5,9-11H2,1-2H3/t14-,15+,16?. The van der Waals surface area contributed by atoms with Crippen molar-refractivity contribution in [3.05, 3.63) is 29.3 Å². The normalized spacial score (nSPS) is 25.4. The van der Waals surface area contributed by atoms with Gasteiger partial charge in [-0.3, -0.25) is 14.4 Å². The predicted octanol–water partition coefficient (Wildman–Crippen LogP) is 3.34. The maximum atomic E-state index is 12.5. The van der Waals surface area contributed by atoms with Gasteiger partial charge in [0.2, 0.25) is 0 Å². The van der Waals surface area contributed by atoms with Crippen molar-refractivity contribution >= 4 is 17.5 Å². The first kappa shape index (κ1) is 17.6. The van der Waals surface area contributed by atoms with E-state index in [1.807, 2.05) is 0 Å². The van der Waals surface area contributed by atoms with Gasteiger partial charge in [0.1, 0.15) is 18.1 Å². The van der Waals surface area contributed by atoms with Gasteiger partial charge in [0.05, 0.1) is 13.0 Å². The van der Waals surface area contributed by atoms with Gasteiger partial charge in [-0.05, 0) is 50.8 Å². The van der Waals surface area contributed by atoms with Gasteiger partial charge < -0.3 is 9.47 Å². The van der Waals surface area contributed by atoms with Crippen LogP contribution in [-0.4, -0.2) is 24.6 Å². The number of esters is 1. The highest BCUT2D eigenvalue weighted by molar-refractivity contribution is 5.94. The van der Waals surface area contributed by atoms with Crippen LogP contribution < -0.4 is 4.74 Å². The number of carbonyl (C=O) groups excluding carboxylic acids is 3. The van der Waals surface area contributed by atoms with E-state index in [1.165, 1.54) is 6.92 Å². The van der Waals surface area contributed by atoms with E-state index in [4.69, 9.17) is 9.47 Å². The van der Waals surface area contributed by atoms with Crippen molar-refractivity contribution < 1.29 is 23.9 Å². The Morgan fingerprint density at radius 3 is 2.44 bits per heavy atom. The molecule has 3 atom stereocenters. The van der Waals surface area contributed by atoms with Gasteiger partial charge in [-0.25, -0.2) is 0 Å². The van der Waals surface area contributed by atoms with Crippen LogP contribution in [-0.2, 0) is 20.9 Å². The van der Waals surface area contributed by atoms with E-state index in [9.17, 15) is 14.4 Å². The fraction of sp³-hybridized carbons (Fsp3) is 0.550. The summed E-state index contributed by atoms with van der Waals surface area (Å²) in [4.78, 5) is 36.2. The highest BCUT2D eigenvalue weighted by Gasteiger charge is 2.41. The lowest BCUT2D eigenvalue weighted by molar-refractivity contribution is -0.154. The Morgan fingerprint density at radius 1 is 1.16 bits per heavy atom. The molecule has 5 heteroatoms. The van der Waals surface area contributed by atoms with E-state index in [0.717, 1.165) is 19.3 Å². The van der Waals surface area contributed by atoms with Crippen LogP contribution in [0, 0.1) is 17.8 Å². The summed E-state index contributed by atoms with van der Waals surface area (Å²) < 4.78 is 10.8. The Kier molecular flexibility index (Phi) is 5.21. The molecule has 25 heavy (non-hydrogen) atoms. The number of rotatable bonds is 5. The second kappa shape index (κ2) is 7.38. The maximum absolute atomic E-state index is 12.5. The molecule has 0 aromatic heterocycles. The highest BCUT2D eigenvalue weighted by Crippen LogP contribution is 2.40. The Morgan fingerprint density at radius 2 is 1.84 bits per heavy atom. The lowest BCUT2D eigenvalue weighted by Gasteiger charge is -2.36. The monoisotopic (exact) mass is 344 g/mol. The lowest BCUT2D eigenvalue weighted by Crippen LogP contribution is -2.39. The van der Waals surface area contributed by atoms with Crippen LogP contribution in [0.5, 0.6) is 5.75 Å². The molecule has 5 nitrogen and oxygen atoms in total.